The van der Waals surface area contributed by atoms with Gasteiger partial charge in [0.05, 0.1) is 4.88 Å². The van der Waals surface area contributed by atoms with Gasteiger partial charge in [-0.15, -0.1) is 11.3 Å². The summed E-state index contributed by atoms with van der Waals surface area (Å²) in [5.74, 6) is 0.697. The number of rotatable bonds is 8. The van der Waals surface area contributed by atoms with E-state index >= 15 is 0 Å². The second-order valence-corrected chi connectivity index (χ2v) is 7.74. The van der Waals surface area contributed by atoms with Crippen LogP contribution >= 0.6 is 18.9 Å². The lowest BCUT2D eigenvalue weighted by atomic mass is 10.1. The smallest absolute Gasteiger partial charge is 0.397 e. The minimum atomic E-state index is -4.73. The van der Waals surface area contributed by atoms with Gasteiger partial charge in [-0.05, 0) is 43.7 Å². The van der Waals surface area contributed by atoms with Gasteiger partial charge >= 0.3 is 7.60 Å². The van der Waals surface area contributed by atoms with Crippen LogP contribution in [0.2, 0.25) is 0 Å². The molecule has 6 nitrogen and oxygen atoms in total. The van der Waals surface area contributed by atoms with Crippen molar-refractivity contribution in [3.8, 4) is 5.75 Å². The number of ether oxygens (including phenoxy) is 2. The van der Waals surface area contributed by atoms with Crippen molar-refractivity contribution in [1.29, 1.82) is 0 Å². The summed E-state index contributed by atoms with van der Waals surface area (Å²) in [6.45, 7) is 4.30. The number of carbonyl (C=O) groups excluding carboxylic acids is 1. The molecule has 130 valence electrons. The van der Waals surface area contributed by atoms with Gasteiger partial charge < -0.3 is 19.3 Å². The summed E-state index contributed by atoms with van der Waals surface area (Å²) in [5, 5.41) is 0. The second kappa shape index (κ2) is 8.05. The lowest BCUT2D eigenvalue weighted by Crippen LogP contribution is -2.15. The first-order valence-corrected chi connectivity index (χ1v) is 9.79. The molecular formula is C16H19O6PS. The molecule has 1 heterocycles. The van der Waals surface area contributed by atoms with E-state index in [4.69, 9.17) is 19.3 Å². The highest BCUT2D eigenvalue weighted by molar-refractivity contribution is 7.71. The molecule has 0 fully saturated rings. The third-order valence-corrected chi connectivity index (χ3v) is 5.15. The fourth-order valence-electron chi connectivity index (χ4n) is 2.08. The summed E-state index contributed by atoms with van der Waals surface area (Å²) in [4.78, 5) is 30.3. The van der Waals surface area contributed by atoms with Crippen molar-refractivity contribution < 1.29 is 28.6 Å². The molecule has 0 bridgehead atoms. The summed E-state index contributed by atoms with van der Waals surface area (Å²) in [6.07, 6.45) is 0.250. The van der Waals surface area contributed by atoms with Crippen molar-refractivity contribution in [3.05, 3.63) is 51.7 Å². The van der Waals surface area contributed by atoms with E-state index in [1.807, 2.05) is 38.1 Å². The molecule has 1 atom stereocenters. The van der Waals surface area contributed by atoms with Crippen LogP contribution in [-0.4, -0.2) is 28.2 Å². The monoisotopic (exact) mass is 370 g/mol. The summed E-state index contributed by atoms with van der Waals surface area (Å²) >= 11 is 1.09. The van der Waals surface area contributed by atoms with Crippen LogP contribution in [0.4, 0.5) is 0 Å². The van der Waals surface area contributed by atoms with Crippen molar-refractivity contribution in [3.63, 3.8) is 0 Å². The third kappa shape index (κ3) is 5.26. The summed E-state index contributed by atoms with van der Waals surface area (Å²) in [5.41, 5.74) is -0.129. The maximum Gasteiger partial charge on any atom is 0.397 e. The van der Waals surface area contributed by atoms with Crippen LogP contribution in [0.25, 0.3) is 0 Å². The number of carbonyl (C=O) groups is 1. The Hall–Kier alpha value is -1.50. The molecule has 2 rings (SSSR count). The molecule has 0 aliphatic rings. The SMILES string of the molecule is CCOC(C)Oc1ccc(Cc2ccc(C(=O)P(=O)(O)O)s2)cc1. The fraction of sp³-hybridized carbons (Fsp3) is 0.312. The molecule has 8 heteroatoms. The second-order valence-electron chi connectivity index (χ2n) is 5.08. The van der Waals surface area contributed by atoms with Crippen molar-refractivity contribution in [1.82, 2.24) is 0 Å². The van der Waals surface area contributed by atoms with Crippen molar-refractivity contribution >= 4 is 24.5 Å². The van der Waals surface area contributed by atoms with Gasteiger partial charge in [-0.2, -0.15) is 0 Å². The lowest BCUT2D eigenvalue weighted by molar-refractivity contribution is -0.0613. The Kier molecular flexibility index (Phi) is 6.32. The molecule has 0 amide bonds. The quantitative estimate of drug-likeness (QED) is 0.546. The predicted octanol–water partition coefficient (Wildman–Crippen LogP) is 3.42. The first kappa shape index (κ1) is 18.8. The van der Waals surface area contributed by atoms with Crippen molar-refractivity contribution in [2.45, 2.75) is 26.6 Å². The first-order valence-electron chi connectivity index (χ1n) is 7.36. The molecular weight excluding hydrogens is 351 g/mol. The van der Waals surface area contributed by atoms with E-state index in [0.29, 0.717) is 18.8 Å². The Balaban J connectivity index is 2.01. The number of benzene rings is 1. The van der Waals surface area contributed by atoms with Gasteiger partial charge in [0.2, 0.25) is 0 Å². The highest BCUT2D eigenvalue weighted by atomic mass is 32.1. The molecule has 2 aromatic rings. The zero-order valence-corrected chi connectivity index (χ0v) is 15.0. The Morgan fingerprint density at radius 2 is 1.88 bits per heavy atom. The molecule has 24 heavy (non-hydrogen) atoms. The zero-order valence-electron chi connectivity index (χ0n) is 13.3. The van der Waals surface area contributed by atoms with Gasteiger partial charge in [-0.3, -0.25) is 9.36 Å². The molecule has 0 spiro atoms. The van der Waals surface area contributed by atoms with E-state index in [9.17, 15) is 9.36 Å². The van der Waals surface area contributed by atoms with Crippen LogP contribution in [0.1, 0.15) is 34.0 Å². The molecule has 0 saturated heterocycles. The van der Waals surface area contributed by atoms with Gasteiger partial charge in [-0.1, -0.05) is 12.1 Å². The summed E-state index contributed by atoms with van der Waals surface area (Å²) in [6, 6.07) is 10.6. The Bertz CT molecular complexity index is 733. The Morgan fingerprint density at radius 3 is 2.46 bits per heavy atom. The highest BCUT2D eigenvalue weighted by Gasteiger charge is 2.28. The van der Waals surface area contributed by atoms with E-state index in [1.54, 1.807) is 6.07 Å². The van der Waals surface area contributed by atoms with Gasteiger partial charge in [0.25, 0.3) is 5.52 Å². The molecule has 1 unspecified atom stereocenters. The van der Waals surface area contributed by atoms with Crippen LogP contribution < -0.4 is 4.74 Å². The predicted molar refractivity (Wildman–Crippen MR) is 91.7 cm³/mol. The van der Waals surface area contributed by atoms with Gasteiger partial charge in [0, 0.05) is 17.9 Å². The molecule has 1 aromatic heterocycles. The van der Waals surface area contributed by atoms with E-state index in [2.05, 4.69) is 0 Å². The van der Waals surface area contributed by atoms with E-state index in [1.165, 1.54) is 6.07 Å². The maximum absolute atomic E-state index is 11.6. The van der Waals surface area contributed by atoms with Crippen LogP contribution in [-0.2, 0) is 15.7 Å². The van der Waals surface area contributed by atoms with Crippen molar-refractivity contribution in [2.75, 3.05) is 6.61 Å². The largest absolute Gasteiger partial charge is 0.465 e. The van der Waals surface area contributed by atoms with Crippen LogP contribution in [0.15, 0.2) is 36.4 Å². The minimum absolute atomic E-state index is 0.0730. The number of thiophene rings is 1. The van der Waals surface area contributed by atoms with Gasteiger partial charge in [0.15, 0.2) is 6.29 Å². The zero-order chi connectivity index (χ0) is 17.7. The number of hydrogen-bond donors (Lipinski definition) is 2. The average molecular weight is 370 g/mol. The molecule has 0 aliphatic carbocycles. The number of hydrogen-bond acceptors (Lipinski definition) is 5. The molecule has 0 saturated carbocycles. The van der Waals surface area contributed by atoms with Crippen molar-refractivity contribution in [2.24, 2.45) is 0 Å². The lowest BCUT2D eigenvalue weighted by Gasteiger charge is -2.14. The minimum Gasteiger partial charge on any atom is -0.465 e. The Labute approximate surface area is 144 Å². The average Bonchev–Trinajstić information content (AvgIpc) is 2.96. The van der Waals surface area contributed by atoms with Crippen LogP contribution in [0.5, 0.6) is 5.75 Å². The normalized spacial score (nSPS) is 12.8. The first-order chi connectivity index (χ1) is 11.3. The Morgan fingerprint density at radius 1 is 1.21 bits per heavy atom. The standard InChI is InChI=1S/C16H19O6PS/c1-3-21-11(2)22-13-6-4-12(5-7-13)10-14-8-9-15(24-14)16(17)23(18,19)20/h4-9,11H,3,10H2,1-2H3,(H2,18,19,20). The topological polar surface area (TPSA) is 93.1 Å². The van der Waals surface area contributed by atoms with Gasteiger partial charge in [0.1, 0.15) is 5.75 Å². The van der Waals surface area contributed by atoms with Crippen LogP contribution in [0.3, 0.4) is 0 Å². The molecule has 0 aliphatic heterocycles. The fourth-order valence-corrected chi connectivity index (χ4v) is 3.81. The van der Waals surface area contributed by atoms with E-state index in [-0.39, 0.29) is 11.2 Å². The van der Waals surface area contributed by atoms with Gasteiger partial charge in [-0.25, -0.2) is 0 Å². The molecule has 2 N–H and O–H groups in total. The highest BCUT2D eigenvalue weighted by Crippen LogP contribution is 2.41. The molecule has 1 aromatic carbocycles. The third-order valence-electron chi connectivity index (χ3n) is 3.14. The molecule has 0 radical (unpaired) electrons. The van der Waals surface area contributed by atoms with E-state index in [0.717, 1.165) is 21.8 Å². The van der Waals surface area contributed by atoms with Crippen LogP contribution in [0, 0.1) is 0 Å². The summed E-state index contributed by atoms with van der Waals surface area (Å²) in [7, 11) is -4.73. The summed E-state index contributed by atoms with van der Waals surface area (Å²) < 4.78 is 21.9. The maximum atomic E-state index is 11.6. The van der Waals surface area contributed by atoms with E-state index < -0.39 is 13.1 Å².